The van der Waals surface area contributed by atoms with Gasteiger partial charge in [-0.1, -0.05) is 61.5 Å². The molecule has 4 rings (SSSR count). The Balaban J connectivity index is 1.99. The highest BCUT2D eigenvalue weighted by molar-refractivity contribution is 7.95. The molecule has 0 radical (unpaired) electrons. The number of hydrogen-bond donors (Lipinski definition) is 0. The number of hydrogen-bond acceptors (Lipinski definition) is 1. The standard InChI is InChI=1S/C26H26OP/c1-3-22-19-27-26(21(22)2)20-28(23-13-7-4-8-14-23,24-15-9-5-10-16-24)25-17-11-6-12-18-25/h4-19H,3,20H2,1-2H3/q+1. The van der Waals surface area contributed by atoms with Gasteiger partial charge in [-0.3, -0.25) is 0 Å². The Kier molecular flexibility index (Phi) is 5.46. The van der Waals surface area contributed by atoms with E-state index < -0.39 is 7.26 Å². The SMILES string of the molecule is CCc1coc(C[P+](c2ccccc2)(c2ccccc2)c2ccccc2)c1C. The first-order chi connectivity index (χ1) is 13.8. The Labute approximate surface area is 168 Å². The van der Waals surface area contributed by atoms with E-state index in [-0.39, 0.29) is 0 Å². The second-order valence-corrected chi connectivity index (χ2v) is 10.6. The molecule has 0 bridgehead atoms. The molecule has 0 saturated heterocycles. The molecule has 0 fully saturated rings. The molecule has 28 heavy (non-hydrogen) atoms. The highest BCUT2D eigenvalue weighted by Gasteiger charge is 2.46. The van der Waals surface area contributed by atoms with E-state index in [1.54, 1.807) is 0 Å². The zero-order chi connectivity index (χ0) is 19.4. The van der Waals surface area contributed by atoms with Crippen LogP contribution in [0.1, 0.15) is 23.8 Å². The maximum Gasteiger partial charge on any atom is 0.145 e. The predicted molar refractivity (Wildman–Crippen MR) is 122 cm³/mol. The maximum atomic E-state index is 6.13. The van der Waals surface area contributed by atoms with Gasteiger partial charge in [-0.05, 0) is 60.9 Å². The van der Waals surface area contributed by atoms with Crippen molar-refractivity contribution in [2.45, 2.75) is 26.4 Å². The minimum Gasteiger partial charge on any atom is -0.465 e. The molecule has 0 amide bonds. The zero-order valence-electron chi connectivity index (χ0n) is 16.5. The average molecular weight is 385 g/mol. The fraction of sp³-hybridized carbons (Fsp3) is 0.154. The molecule has 2 heteroatoms. The Morgan fingerprint density at radius 1 is 0.679 bits per heavy atom. The first-order valence-electron chi connectivity index (χ1n) is 9.86. The summed E-state index contributed by atoms with van der Waals surface area (Å²) < 4.78 is 6.13. The molecule has 0 saturated carbocycles. The molecular weight excluding hydrogens is 359 g/mol. The van der Waals surface area contributed by atoms with Crippen molar-refractivity contribution in [1.82, 2.24) is 0 Å². The van der Waals surface area contributed by atoms with Crippen LogP contribution in [0.5, 0.6) is 0 Å². The third kappa shape index (κ3) is 3.32. The quantitative estimate of drug-likeness (QED) is 0.391. The first kappa shape index (κ1) is 18.7. The zero-order valence-corrected chi connectivity index (χ0v) is 17.4. The molecule has 140 valence electrons. The second kappa shape index (κ2) is 8.17. The largest absolute Gasteiger partial charge is 0.465 e. The molecule has 4 aromatic rings. The lowest BCUT2D eigenvalue weighted by Gasteiger charge is -2.27. The van der Waals surface area contributed by atoms with Crippen LogP contribution < -0.4 is 15.9 Å². The van der Waals surface area contributed by atoms with Crippen LogP contribution in [0.15, 0.2) is 102 Å². The Hall–Kier alpha value is -2.63. The van der Waals surface area contributed by atoms with Gasteiger partial charge in [0.15, 0.2) is 0 Å². The van der Waals surface area contributed by atoms with Crippen LogP contribution in [0.4, 0.5) is 0 Å². The van der Waals surface area contributed by atoms with Gasteiger partial charge in [-0.2, -0.15) is 0 Å². The summed E-state index contributed by atoms with van der Waals surface area (Å²) >= 11 is 0. The average Bonchev–Trinajstić information content (AvgIpc) is 3.13. The smallest absolute Gasteiger partial charge is 0.145 e. The van der Waals surface area contributed by atoms with Crippen molar-refractivity contribution in [3.8, 4) is 0 Å². The number of rotatable bonds is 6. The third-order valence-electron chi connectivity index (χ3n) is 5.60. The van der Waals surface area contributed by atoms with E-state index in [4.69, 9.17) is 4.42 Å². The normalized spacial score (nSPS) is 11.5. The van der Waals surface area contributed by atoms with E-state index in [1.165, 1.54) is 27.0 Å². The summed E-state index contributed by atoms with van der Waals surface area (Å²) in [5.74, 6) is 1.11. The maximum absolute atomic E-state index is 6.13. The molecule has 0 aliphatic carbocycles. The summed E-state index contributed by atoms with van der Waals surface area (Å²) in [6.07, 6.45) is 3.85. The van der Waals surface area contributed by atoms with E-state index >= 15 is 0 Å². The van der Waals surface area contributed by atoms with Gasteiger partial charge in [-0.15, -0.1) is 0 Å². The van der Waals surface area contributed by atoms with Gasteiger partial charge in [0.05, 0.1) is 6.26 Å². The van der Waals surface area contributed by atoms with Crippen LogP contribution in [0.25, 0.3) is 0 Å². The van der Waals surface area contributed by atoms with Crippen molar-refractivity contribution in [2.24, 2.45) is 0 Å². The summed E-state index contributed by atoms with van der Waals surface area (Å²) in [7, 11) is -1.89. The van der Waals surface area contributed by atoms with Gasteiger partial charge < -0.3 is 4.42 Å². The summed E-state index contributed by atoms with van der Waals surface area (Å²) in [6, 6.07) is 32.9. The minimum absolute atomic E-state index is 0.900. The lowest BCUT2D eigenvalue weighted by Crippen LogP contribution is -2.32. The molecule has 0 aliphatic rings. The number of furan rings is 1. The van der Waals surface area contributed by atoms with Crippen molar-refractivity contribution in [3.05, 3.63) is 114 Å². The molecule has 0 atom stereocenters. The van der Waals surface area contributed by atoms with Crippen molar-refractivity contribution >= 4 is 23.2 Å². The lowest BCUT2D eigenvalue weighted by atomic mass is 10.1. The van der Waals surface area contributed by atoms with Crippen LogP contribution in [0, 0.1) is 6.92 Å². The topological polar surface area (TPSA) is 13.1 Å². The van der Waals surface area contributed by atoms with E-state index in [2.05, 4.69) is 105 Å². The van der Waals surface area contributed by atoms with Gasteiger partial charge >= 0.3 is 0 Å². The second-order valence-electron chi connectivity index (χ2n) is 7.14. The molecular formula is C26H26OP+. The van der Waals surface area contributed by atoms with Crippen molar-refractivity contribution in [2.75, 3.05) is 0 Å². The molecule has 1 heterocycles. The lowest BCUT2D eigenvalue weighted by molar-refractivity contribution is 0.525. The predicted octanol–water partition coefficient (Wildman–Crippen LogP) is 5.64. The van der Waals surface area contributed by atoms with Crippen molar-refractivity contribution in [1.29, 1.82) is 0 Å². The van der Waals surface area contributed by atoms with E-state index in [0.717, 1.165) is 18.3 Å². The van der Waals surface area contributed by atoms with Crippen molar-refractivity contribution < 1.29 is 4.42 Å². The highest BCUT2D eigenvalue weighted by Crippen LogP contribution is 2.58. The summed E-state index contributed by atoms with van der Waals surface area (Å²) in [5.41, 5.74) is 2.61. The fourth-order valence-electron chi connectivity index (χ4n) is 3.99. The van der Waals surface area contributed by atoms with Crippen LogP contribution in [-0.2, 0) is 12.6 Å². The van der Waals surface area contributed by atoms with Gasteiger partial charge in [-0.25, -0.2) is 0 Å². The molecule has 0 spiro atoms. The molecule has 1 aromatic heterocycles. The van der Waals surface area contributed by atoms with E-state index in [0.29, 0.717) is 0 Å². The van der Waals surface area contributed by atoms with Crippen molar-refractivity contribution in [3.63, 3.8) is 0 Å². The minimum atomic E-state index is -1.89. The molecule has 1 nitrogen and oxygen atoms in total. The number of aryl methyl sites for hydroxylation is 1. The van der Waals surface area contributed by atoms with Gasteiger partial charge in [0.1, 0.15) is 35.1 Å². The molecule has 0 N–H and O–H groups in total. The highest BCUT2D eigenvalue weighted by atomic mass is 31.2. The molecule has 3 aromatic carbocycles. The molecule has 0 unspecified atom stereocenters. The Morgan fingerprint density at radius 3 is 1.46 bits per heavy atom. The van der Waals surface area contributed by atoms with Crippen LogP contribution in [0.2, 0.25) is 0 Å². The molecule has 0 aliphatic heterocycles. The Bertz CT molecular complexity index is 923. The van der Waals surface area contributed by atoms with Crippen LogP contribution >= 0.6 is 7.26 Å². The van der Waals surface area contributed by atoms with E-state index in [9.17, 15) is 0 Å². The Morgan fingerprint density at radius 2 is 1.11 bits per heavy atom. The van der Waals surface area contributed by atoms with Crippen LogP contribution in [0.3, 0.4) is 0 Å². The first-order valence-corrected chi connectivity index (χ1v) is 11.8. The van der Waals surface area contributed by atoms with Gasteiger partial charge in [0, 0.05) is 0 Å². The van der Waals surface area contributed by atoms with E-state index in [1.807, 2.05) is 6.26 Å². The van der Waals surface area contributed by atoms with Gasteiger partial charge in [0.25, 0.3) is 0 Å². The fourth-order valence-corrected chi connectivity index (χ4v) is 8.21. The summed E-state index contributed by atoms with van der Waals surface area (Å²) in [4.78, 5) is 0. The summed E-state index contributed by atoms with van der Waals surface area (Å²) in [6.45, 7) is 4.39. The van der Waals surface area contributed by atoms with Crippen LogP contribution in [-0.4, -0.2) is 0 Å². The third-order valence-corrected chi connectivity index (χ3v) is 9.90. The summed E-state index contributed by atoms with van der Waals surface area (Å²) in [5, 5.41) is 4.17. The number of benzene rings is 3. The monoisotopic (exact) mass is 385 g/mol. The van der Waals surface area contributed by atoms with Gasteiger partial charge in [0.2, 0.25) is 0 Å².